The van der Waals surface area contributed by atoms with Crippen molar-refractivity contribution in [2.75, 3.05) is 35.2 Å². The molecule has 7 heteroatoms. The third-order valence-electron chi connectivity index (χ3n) is 4.53. The second-order valence-corrected chi connectivity index (χ2v) is 6.79. The summed E-state index contributed by atoms with van der Waals surface area (Å²) in [5.74, 6) is 0.0306. The van der Waals surface area contributed by atoms with Crippen molar-refractivity contribution in [3.8, 4) is 5.75 Å². The highest BCUT2D eigenvalue weighted by Gasteiger charge is 2.20. The van der Waals surface area contributed by atoms with Crippen LogP contribution in [0, 0.1) is 0 Å². The Morgan fingerprint density at radius 3 is 2.77 bits per heavy atom. The Morgan fingerprint density at radius 2 is 1.96 bits per heavy atom. The van der Waals surface area contributed by atoms with Crippen molar-refractivity contribution in [3.63, 3.8) is 0 Å². The highest BCUT2D eigenvalue weighted by Crippen LogP contribution is 2.33. The summed E-state index contributed by atoms with van der Waals surface area (Å²) in [6.07, 6.45) is 2.29. The minimum Gasteiger partial charge on any atom is -0.482 e. The smallest absolute Gasteiger partial charge is 0.262 e. The number of anilines is 3. The Kier molecular flexibility index (Phi) is 4.42. The van der Waals surface area contributed by atoms with E-state index >= 15 is 0 Å². The molecule has 1 saturated heterocycles. The molecule has 0 radical (unpaired) electrons. The quantitative estimate of drug-likeness (QED) is 0.866. The lowest BCUT2D eigenvalue weighted by molar-refractivity contribution is -0.118. The third-order valence-corrected chi connectivity index (χ3v) is 4.77. The van der Waals surface area contributed by atoms with Gasteiger partial charge in [-0.05, 0) is 49.2 Å². The SMILES string of the molecule is O=C1COc2cc(C(=O)Nc3cc(Cl)ccc3N3CCCC3)ccc2N1. The van der Waals surface area contributed by atoms with E-state index in [1.54, 1.807) is 24.3 Å². The van der Waals surface area contributed by atoms with Crippen LogP contribution in [0.5, 0.6) is 5.75 Å². The molecule has 0 aliphatic carbocycles. The van der Waals surface area contributed by atoms with Gasteiger partial charge in [0.2, 0.25) is 0 Å². The topological polar surface area (TPSA) is 70.7 Å². The molecule has 0 bridgehead atoms. The van der Waals surface area contributed by atoms with Crippen molar-refractivity contribution < 1.29 is 14.3 Å². The number of carbonyl (C=O) groups excluding carboxylic acids is 2. The minimum atomic E-state index is -0.254. The maximum atomic E-state index is 12.7. The molecule has 2 heterocycles. The van der Waals surface area contributed by atoms with E-state index in [4.69, 9.17) is 16.3 Å². The maximum Gasteiger partial charge on any atom is 0.262 e. The lowest BCUT2D eigenvalue weighted by Crippen LogP contribution is -2.25. The third kappa shape index (κ3) is 3.32. The number of hydrogen-bond donors (Lipinski definition) is 2. The zero-order valence-corrected chi connectivity index (χ0v) is 14.8. The zero-order chi connectivity index (χ0) is 18.1. The van der Waals surface area contributed by atoms with E-state index in [9.17, 15) is 9.59 Å². The molecule has 0 saturated carbocycles. The molecule has 2 aliphatic heterocycles. The fourth-order valence-corrected chi connectivity index (χ4v) is 3.42. The highest BCUT2D eigenvalue weighted by molar-refractivity contribution is 6.31. The molecule has 134 valence electrons. The molecule has 0 spiro atoms. The molecular formula is C19H18ClN3O3. The molecule has 2 amide bonds. The van der Waals surface area contributed by atoms with Gasteiger partial charge in [-0.1, -0.05) is 11.6 Å². The van der Waals surface area contributed by atoms with Crippen LogP contribution in [0.1, 0.15) is 23.2 Å². The minimum absolute atomic E-state index is 0.0501. The lowest BCUT2D eigenvalue weighted by Gasteiger charge is -2.22. The lowest BCUT2D eigenvalue weighted by atomic mass is 10.1. The van der Waals surface area contributed by atoms with Crippen molar-refractivity contribution in [1.29, 1.82) is 0 Å². The van der Waals surface area contributed by atoms with Gasteiger partial charge in [0.15, 0.2) is 6.61 Å². The van der Waals surface area contributed by atoms with Crippen LogP contribution in [0.25, 0.3) is 0 Å². The van der Waals surface area contributed by atoms with Gasteiger partial charge in [0.1, 0.15) is 5.75 Å². The Balaban J connectivity index is 1.58. The molecule has 2 aromatic carbocycles. The second-order valence-electron chi connectivity index (χ2n) is 6.36. The molecule has 26 heavy (non-hydrogen) atoms. The van der Waals surface area contributed by atoms with Crippen LogP contribution in [-0.2, 0) is 4.79 Å². The van der Waals surface area contributed by atoms with Gasteiger partial charge in [-0.15, -0.1) is 0 Å². The van der Waals surface area contributed by atoms with E-state index in [2.05, 4.69) is 15.5 Å². The van der Waals surface area contributed by atoms with E-state index in [1.807, 2.05) is 12.1 Å². The van der Waals surface area contributed by atoms with Crippen molar-refractivity contribution in [2.24, 2.45) is 0 Å². The Labute approximate surface area is 156 Å². The molecule has 2 N–H and O–H groups in total. The monoisotopic (exact) mass is 371 g/mol. The molecule has 0 atom stereocenters. The van der Waals surface area contributed by atoms with Gasteiger partial charge in [0.05, 0.1) is 17.1 Å². The summed E-state index contributed by atoms with van der Waals surface area (Å²) in [6, 6.07) is 10.5. The van der Waals surface area contributed by atoms with E-state index in [0.717, 1.165) is 31.6 Å². The summed E-state index contributed by atoms with van der Waals surface area (Å²) in [7, 11) is 0. The number of halogens is 1. The van der Waals surface area contributed by atoms with Gasteiger partial charge >= 0.3 is 0 Å². The number of carbonyl (C=O) groups is 2. The Morgan fingerprint density at radius 1 is 1.15 bits per heavy atom. The zero-order valence-electron chi connectivity index (χ0n) is 14.0. The number of amides is 2. The number of rotatable bonds is 3. The van der Waals surface area contributed by atoms with Crippen molar-refractivity contribution >= 4 is 40.5 Å². The number of ether oxygens (including phenoxy) is 1. The van der Waals surface area contributed by atoms with Gasteiger partial charge in [-0.25, -0.2) is 0 Å². The van der Waals surface area contributed by atoms with Crippen molar-refractivity contribution in [2.45, 2.75) is 12.8 Å². The summed E-state index contributed by atoms with van der Waals surface area (Å²) in [4.78, 5) is 26.3. The van der Waals surface area contributed by atoms with Crippen LogP contribution in [0.3, 0.4) is 0 Å². The summed E-state index contributed by atoms with van der Waals surface area (Å²) >= 11 is 6.13. The van der Waals surface area contributed by atoms with E-state index in [1.165, 1.54) is 0 Å². The number of benzene rings is 2. The average molecular weight is 372 g/mol. The summed E-state index contributed by atoms with van der Waals surface area (Å²) in [6.45, 7) is 1.89. The van der Waals surface area contributed by atoms with Crippen LogP contribution in [-0.4, -0.2) is 31.5 Å². The Hall–Kier alpha value is -2.73. The molecule has 1 fully saturated rings. The first-order chi connectivity index (χ1) is 12.6. The average Bonchev–Trinajstić information content (AvgIpc) is 3.15. The maximum absolute atomic E-state index is 12.7. The van der Waals surface area contributed by atoms with Gasteiger partial charge in [-0.3, -0.25) is 9.59 Å². The number of hydrogen-bond acceptors (Lipinski definition) is 4. The summed E-state index contributed by atoms with van der Waals surface area (Å²) in [5, 5.41) is 6.23. The predicted molar refractivity (Wildman–Crippen MR) is 101 cm³/mol. The fourth-order valence-electron chi connectivity index (χ4n) is 3.25. The molecular weight excluding hydrogens is 354 g/mol. The van der Waals surface area contributed by atoms with Crippen molar-refractivity contribution in [1.82, 2.24) is 0 Å². The number of fused-ring (bicyclic) bond motifs is 1. The molecule has 0 unspecified atom stereocenters. The van der Waals surface area contributed by atoms with E-state index in [0.29, 0.717) is 27.7 Å². The van der Waals surface area contributed by atoms with Gasteiger partial charge in [0, 0.05) is 23.7 Å². The standard InChI is InChI=1S/C19H18ClN3O3/c20-13-4-6-16(23-7-1-2-8-23)15(10-13)22-19(25)12-3-5-14-17(9-12)26-11-18(24)21-14/h3-6,9-10H,1-2,7-8,11H2,(H,21,24)(H,22,25). The van der Waals surface area contributed by atoms with Crippen LogP contribution in [0.15, 0.2) is 36.4 Å². The highest BCUT2D eigenvalue weighted by atomic mass is 35.5. The van der Waals surface area contributed by atoms with Gasteiger partial charge in [0.25, 0.3) is 11.8 Å². The van der Waals surface area contributed by atoms with Gasteiger partial charge < -0.3 is 20.3 Å². The van der Waals surface area contributed by atoms with Crippen LogP contribution >= 0.6 is 11.6 Å². The largest absolute Gasteiger partial charge is 0.482 e. The van der Waals surface area contributed by atoms with Crippen LogP contribution < -0.4 is 20.3 Å². The molecule has 2 aliphatic rings. The summed E-state index contributed by atoms with van der Waals surface area (Å²) in [5.41, 5.74) is 2.68. The van der Waals surface area contributed by atoms with Crippen LogP contribution in [0.2, 0.25) is 5.02 Å². The first-order valence-corrected chi connectivity index (χ1v) is 8.90. The molecule has 2 aromatic rings. The van der Waals surface area contributed by atoms with Gasteiger partial charge in [-0.2, -0.15) is 0 Å². The molecule has 4 rings (SSSR count). The number of nitrogens with one attached hydrogen (secondary N) is 2. The fraction of sp³-hybridized carbons (Fsp3) is 0.263. The predicted octanol–water partition coefficient (Wildman–Crippen LogP) is 3.52. The molecule has 0 aromatic heterocycles. The number of nitrogens with zero attached hydrogens (tertiary/aromatic N) is 1. The first-order valence-electron chi connectivity index (χ1n) is 8.53. The van der Waals surface area contributed by atoms with Crippen molar-refractivity contribution in [3.05, 3.63) is 47.0 Å². The van der Waals surface area contributed by atoms with E-state index < -0.39 is 0 Å². The molecule has 6 nitrogen and oxygen atoms in total. The summed E-state index contributed by atoms with van der Waals surface area (Å²) < 4.78 is 5.38. The van der Waals surface area contributed by atoms with Crippen LogP contribution in [0.4, 0.5) is 17.1 Å². The Bertz CT molecular complexity index is 878. The normalized spacial score (nSPS) is 15.9. The van der Waals surface area contributed by atoms with E-state index in [-0.39, 0.29) is 18.4 Å². The first kappa shape index (κ1) is 16.7. The second kappa shape index (κ2) is 6.88.